The summed E-state index contributed by atoms with van der Waals surface area (Å²) in [6.07, 6.45) is 2.55. The number of benzene rings is 1. The molecule has 1 aromatic carbocycles. The largest absolute Gasteiger partial charge is 0.397 e. The van der Waals surface area contributed by atoms with Crippen LogP contribution in [0.1, 0.15) is 12.7 Å². The summed E-state index contributed by atoms with van der Waals surface area (Å²) in [7, 11) is 0. The predicted octanol–water partition coefficient (Wildman–Crippen LogP) is 3.38. The summed E-state index contributed by atoms with van der Waals surface area (Å²) in [4.78, 5) is 9.80. The standard InChI is InChI=1S/C13H12N4S2/c1-2-11-16-13(19-17-11)18-12-8-5-3-4-6-10(8)15-7-9(12)14/h3-7H,2,14H2,1H3. The van der Waals surface area contributed by atoms with E-state index in [0.29, 0.717) is 5.69 Å². The molecular weight excluding hydrogens is 276 g/mol. The summed E-state index contributed by atoms with van der Waals surface area (Å²) in [5.41, 5.74) is 7.67. The SMILES string of the molecule is CCc1nsc(Sc2c(N)cnc3ccccc23)n1. The number of para-hydroxylation sites is 1. The smallest absolute Gasteiger partial charge is 0.174 e. The molecule has 0 amide bonds. The summed E-state index contributed by atoms with van der Waals surface area (Å²) >= 11 is 2.97. The van der Waals surface area contributed by atoms with Crippen LogP contribution in [0.25, 0.3) is 10.9 Å². The van der Waals surface area contributed by atoms with Crippen LogP contribution < -0.4 is 5.73 Å². The minimum atomic E-state index is 0.678. The molecule has 0 radical (unpaired) electrons. The van der Waals surface area contributed by atoms with E-state index in [9.17, 15) is 0 Å². The molecule has 0 aliphatic carbocycles. The van der Waals surface area contributed by atoms with E-state index < -0.39 is 0 Å². The molecule has 19 heavy (non-hydrogen) atoms. The maximum absolute atomic E-state index is 6.05. The van der Waals surface area contributed by atoms with Crippen LogP contribution in [0.4, 0.5) is 5.69 Å². The molecule has 4 nitrogen and oxygen atoms in total. The van der Waals surface area contributed by atoms with Gasteiger partial charge in [-0.25, -0.2) is 4.98 Å². The molecule has 3 aromatic rings. The molecule has 0 atom stereocenters. The van der Waals surface area contributed by atoms with Gasteiger partial charge in [-0.15, -0.1) is 0 Å². The molecule has 0 saturated heterocycles. The zero-order valence-corrected chi connectivity index (χ0v) is 12.0. The van der Waals surface area contributed by atoms with Crippen molar-refractivity contribution >= 4 is 39.9 Å². The second kappa shape index (κ2) is 5.14. The number of hydrogen-bond donors (Lipinski definition) is 1. The fraction of sp³-hybridized carbons (Fsp3) is 0.154. The van der Waals surface area contributed by atoms with E-state index in [2.05, 4.69) is 14.3 Å². The molecule has 2 heterocycles. The number of aromatic nitrogens is 3. The summed E-state index contributed by atoms with van der Waals surface area (Å²) in [6, 6.07) is 7.98. The molecule has 0 spiro atoms. The molecular formula is C13H12N4S2. The first-order valence-corrected chi connectivity index (χ1v) is 7.50. The van der Waals surface area contributed by atoms with Crippen LogP contribution in [0.2, 0.25) is 0 Å². The van der Waals surface area contributed by atoms with Gasteiger partial charge in [-0.2, -0.15) is 4.37 Å². The van der Waals surface area contributed by atoms with Crippen LogP contribution in [0.3, 0.4) is 0 Å². The highest BCUT2D eigenvalue weighted by Crippen LogP contribution is 2.37. The van der Waals surface area contributed by atoms with Crippen molar-refractivity contribution in [2.24, 2.45) is 0 Å². The average Bonchev–Trinajstić information content (AvgIpc) is 2.90. The van der Waals surface area contributed by atoms with Crippen LogP contribution in [0.15, 0.2) is 39.7 Å². The maximum atomic E-state index is 6.05. The van der Waals surface area contributed by atoms with E-state index in [1.807, 2.05) is 31.2 Å². The van der Waals surface area contributed by atoms with Gasteiger partial charge in [0.25, 0.3) is 0 Å². The van der Waals surface area contributed by atoms with Gasteiger partial charge in [0, 0.05) is 16.7 Å². The molecule has 0 aliphatic rings. The van der Waals surface area contributed by atoms with Gasteiger partial charge in [0.15, 0.2) is 4.34 Å². The quantitative estimate of drug-likeness (QED) is 0.800. The molecule has 0 fully saturated rings. The Hall–Kier alpha value is -1.66. The number of hydrogen-bond acceptors (Lipinski definition) is 6. The fourth-order valence-electron chi connectivity index (χ4n) is 1.76. The van der Waals surface area contributed by atoms with Gasteiger partial charge in [-0.1, -0.05) is 36.9 Å². The Balaban J connectivity index is 2.06. The molecule has 0 saturated carbocycles. The van der Waals surface area contributed by atoms with E-state index >= 15 is 0 Å². The summed E-state index contributed by atoms with van der Waals surface area (Å²) < 4.78 is 5.21. The maximum Gasteiger partial charge on any atom is 0.174 e. The van der Waals surface area contributed by atoms with Crippen LogP contribution in [0, 0.1) is 0 Å². The molecule has 3 rings (SSSR count). The fourth-order valence-corrected chi connectivity index (χ4v) is 3.54. The second-order valence-electron chi connectivity index (χ2n) is 3.99. The predicted molar refractivity (Wildman–Crippen MR) is 79.6 cm³/mol. The molecule has 0 unspecified atom stereocenters. The van der Waals surface area contributed by atoms with Crippen molar-refractivity contribution in [1.82, 2.24) is 14.3 Å². The van der Waals surface area contributed by atoms with E-state index in [0.717, 1.165) is 32.4 Å². The zero-order chi connectivity index (χ0) is 13.2. The van der Waals surface area contributed by atoms with Crippen molar-refractivity contribution in [1.29, 1.82) is 0 Å². The van der Waals surface area contributed by atoms with Gasteiger partial charge in [0.1, 0.15) is 5.82 Å². The number of fused-ring (bicyclic) bond motifs is 1. The lowest BCUT2D eigenvalue weighted by Gasteiger charge is -2.06. The Labute approximate surface area is 119 Å². The van der Waals surface area contributed by atoms with Gasteiger partial charge in [0.2, 0.25) is 0 Å². The van der Waals surface area contributed by atoms with Gasteiger partial charge >= 0.3 is 0 Å². The van der Waals surface area contributed by atoms with Crippen molar-refractivity contribution in [2.45, 2.75) is 22.6 Å². The number of pyridine rings is 1. The topological polar surface area (TPSA) is 64.7 Å². The Morgan fingerprint density at radius 2 is 2.16 bits per heavy atom. The molecule has 0 bridgehead atoms. The van der Waals surface area contributed by atoms with Crippen LogP contribution >= 0.6 is 23.3 Å². The van der Waals surface area contributed by atoms with E-state index in [1.54, 1.807) is 18.0 Å². The second-order valence-corrected chi connectivity index (χ2v) is 6.00. The van der Waals surface area contributed by atoms with Crippen LogP contribution in [-0.2, 0) is 6.42 Å². The molecule has 0 aliphatic heterocycles. The van der Waals surface area contributed by atoms with E-state index in [1.165, 1.54) is 11.5 Å². The Bertz CT molecular complexity index is 723. The number of nitrogens with two attached hydrogens (primary N) is 1. The highest BCUT2D eigenvalue weighted by Gasteiger charge is 2.11. The van der Waals surface area contributed by atoms with Gasteiger partial charge < -0.3 is 5.73 Å². The summed E-state index contributed by atoms with van der Waals surface area (Å²) in [5.74, 6) is 0.879. The van der Waals surface area contributed by atoms with Gasteiger partial charge in [0.05, 0.1) is 17.4 Å². The van der Waals surface area contributed by atoms with Gasteiger partial charge in [-0.3, -0.25) is 4.98 Å². The number of nitrogen functional groups attached to an aromatic ring is 1. The third-order valence-electron chi connectivity index (χ3n) is 2.71. The molecule has 2 aromatic heterocycles. The lowest BCUT2D eigenvalue weighted by Crippen LogP contribution is -1.92. The molecule has 2 N–H and O–H groups in total. The lowest BCUT2D eigenvalue weighted by molar-refractivity contribution is 0.972. The van der Waals surface area contributed by atoms with Crippen LogP contribution in [-0.4, -0.2) is 14.3 Å². The first kappa shape index (κ1) is 12.4. The third kappa shape index (κ3) is 2.41. The van der Waals surface area contributed by atoms with Crippen molar-refractivity contribution in [3.8, 4) is 0 Å². The van der Waals surface area contributed by atoms with Crippen molar-refractivity contribution in [3.63, 3.8) is 0 Å². The normalized spacial score (nSPS) is 11.0. The number of aryl methyl sites for hydroxylation is 1. The highest BCUT2D eigenvalue weighted by atomic mass is 32.2. The lowest BCUT2D eigenvalue weighted by atomic mass is 10.2. The van der Waals surface area contributed by atoms with Gasteiger partial charge in [-0.05, 0) is 17.6 Å². The average molecular weight is 288 g/mol. The Morgan fingerprint density at radius 3 is 2.95 bits per heavy atom. The monoisotopic (exact) mass is 288 g/mol. The summed E-state index contributed by atoms with van der Waals surface area (Å²) in [6.45, 7) is 2.05. The van der Waals surface area contributed by atoms with E-state index in [-0.39, 0.29) is 0 Å². The third-order valence-corrected chi connectivity index (χ3v) is 4.66. The summed E-state index contributed by atoms with van der Waals surface area (Å²) in [5, 5.41) is 1.06. The Kier molecular flexibility index (Phi) is 3.35. The van der Waals surface area contributed by atoms with Crippen molar-refractivity contribution < 1.29 is 0 Å². The number of anilines is 1. The number of nitrogens with zero attached hydrogens (tertiary/aromatic N) is 3. The highest BCUT2D eigenvalue weighted by molar-refractivity contribution is 8.01. The Morgan fingerprint density at radius 1 is 1.32 bits per heavy atom. The van der Waals surface area contributed by atoms with Crippen LogP contribution in [0.5, 0.6) is 0 Å². The van der Waals surface area contributed by atoms with E-state index in [4.69, 9.17) is 5.73 Å². The minimum absolute atomic E-state index is 0.678. The first-order chi connectivity index (χ1) is 9.28. The van der Waals surface area contributed by atoms with Crippen molar-refractivity contribution in [3.05, 3.63) is 36.3 Å². The molecule has 6 heteroatoms. The minimum Gasteiger partial charge on any atom is -0.397 e. The van der Waals surface area contributed by atoms with Crippen molar-refractivity contribution in [2.75, 3.05) is 5.73 Å². The number of rotatable bonds is 3. The molecule has 96 valence electrons. The first-order valence-electron chi connectivity index (χ1n) is 5.91. The zero-order valence-electron chi connectivity index (χ0n) is 10.3.